The van der Waals surface area contributed by atoms with Crippen molar-refractivity contribution >= 4 is 32.7 Å². The molecule has 2 unspecified atom stereocenters. The summed E-state index contributed by atoms with van der Waals surface area (Å²) in [5.74, 6) is -0.221. The van der Waals surface area contributed by atoms with Crippen LogP contribution in [0.4, 0.5) is 10.3 Å². The molecule has 0 amide bonds. The van der Waals surface area contributed by atoms with E-state index in [1.807, 2.05) is 0 Å². The van der Waals surface area contributed by atoms with Gasteiger partial charge in [0.2, 0.25) is 11.7 Å². The summed E-state index contributed by atoms with van der Waals surface area (Å²) in [5, 5.41) is 10.3. The van der Waals surface area contributed by atoms with Crippen molar-refractivity contribution in [2.45, 2.75) is 24.6 Å². The molecule has 0 radical (unpaired) electrons. The number of nitrogens with two attached hydrogens (primary N) is 1. The first kappa shape index (κ1) is 23.7. The minimum atomic E-state index is -5.17. The molecule has 16 nitrogen and oxygen atoms in total. The van der Waals surface area contributed by atoms with Gasteiger partial charge >= 0.3 is 21.2 Å². The lowest BCUT2D eigenvalue weighted by Crippen LogP contribution is -2.45. The first-order valence-electron chi connectivity index (χ1n) is 9.13. The molecule has 3 aromatic heterocycles. The molecule has 1 aliphatic heterocycles. The number of phosphoric acid groups is 1. The average molecular weight is 510 g/mol. The zero-order valence-corrected chi connectivity index (χ0v) is 18.5. The number of rotatable bonds is 7. The van der Waals surface area contributed by atoms with Crippen molar-refractivity contribution in [1.29, 1.82) is 0 Å². The summed E-state index contributed by atoms with van der Waals surface area (Å²) in [5.41, 5.74) is 5.05. The summed E-state index contributed by atoms with van der Waals surface area (Å²) in [7, 11) is -8.49. The van der Waals surface area contributed by atoms with E-state index in [4.69, 9.17) is 10.5 Å². The number of aromatic amines is 1. The van der Waals surface area contributed by atoms with Gasteiger partial charge in [-0.05, 0) is 0 Å². The predicted octanol–water partition coefficient (Wildman–Crippen LogP) is -1.29. The monoisotopic (exact) mass is 510 g/mol. The van der Waals surface area contributed by atoms with Gasteiger partial charge in [-0.15, -0.1) is 0 Å². The second-order valence-electron chi connectivity index (χ2n) is 7.04. The summed E-state index contributed by atoms with van der Waals surface area (Å²) in [6, 6.07) is 0. The van der Waals surface area contributed by atoms with E-state index in [1.54, 1.807) is 0 Å². The molecule has 0 spiro atoms. The molecule has 6 N–H and O–H groups in total. The summed E-state index contributed by atoms with van der Waals surface area (Å²) in [6.45, 7) is -0.923. The lowest BCUT2D eigenvalue weighted by atomic mass is 10.1. The number of aliphatic hydroxyl groups is 1. The number of alkyl halides is 1. The van der Waals surface area contributed by atoms with Gasteiger partial charge in [-0.2, -0.15) is 4.31 Å². The van der Waals surface area contributed by atoms with Gasteiger partial charge in [0, 0.05) is 12.4 Å². The molecule has 0 aliphatic carbocycles. The number of hydrogen-bond acceptors (Lipinski definition) is 10. The minimum Gasteiger partial charge on any atom is -0.384 e. The number of hydrogen-bond donors (Lipinski definition) is 5. The van der Waals surface area contributed by atoms with Crippen molar-refractivity contribution in [1.82, 2.24) is 23.9 Å². The Balaban J connectivity index is 1.51. The molecule has 1 fully saturated rings. The molecule has 0 bridgehead atoms. The Hall–Kier alpha value is -2.49. The fraction of sp³-hybridized carbons (Fsp3) is 0.429. The van der Waals surface area contributed by atoms with E-state index < -0.39 is 52.3 Å². The van der Waals surface area contributed by atoms with Crippen LogP contribution in [0.3, 0.4) is 0 Å². The Morgan fingerprint density at radius 2 is 2.15 bits per heavy atom. The number of fused-ring (bicyclic) bond motifs is 1. The third-order valence-corrected chi connectivity index (χ3v) is 7.72. The number of H-pyrrole nitrogens is 1. The van der Waals surface area contributed by atoms with Crippen LogP contribution in [-0.4, -0.2) is 63.7 Å². The van der Waals surface area contributed by atoms with E-state index in [9.17, 15) is 33.2 Å². The second kappa shape index (κ2) is 8.38. The SMILES string of the molecule is Cn1c[n+]([C@@H]2O[C@H](COP(=O)(O)OP(=O)(O)n3ccnc3)[C@@H](F)[C@H]2O)c2nc(N)[nH]c(=O)c21. The summed E-state index contributed by atoms with van der Waals surface area (Å²) in [4.78, 5) is 41.5. The van der Waals surface area contributed by atoms with Crippen molar-refractivity contribution in [3.63, 3.8) is 0 Å². The summed E-state index contributed by atoms with van der Waals surface area (Å²) < 4.78 is 56.3. The first-order chi connectivity index (χ1) is 15.4. The molecule has 6 atom stereocenters. The molecule has 1 saturated heterocycles. The zero-order chi connectivity index (χ0) is 24.1. The Morgan fingerprint density at radius 1 is 1.42 bits per heavy atom. The molecule has 1 aliphatic rings. The van der Waals surface area contributed by atoms with Gasteiger partial charge in [-0.3, -0.25) is 18.9 Å². The van der Waals surface area contributed by atoms with Crippen LogP contribution in [0.1, 0.15) is 6.23 Å². The predicted molar refractivity (Wildman–Crippen MR) is 105 cm³/mol. The molecule has 0 saturated carbocycles. The fourth-order valence-corrected chi connectivity index (χ4v) is 5.65. The second-order valence-corrected chi connectivity index (χ2v) is 10.3. The number of nitrogens with zero attached hydrogens (tertiary/aromatic N) is 5. The Bertz CT molecular complexity index is 1330. The number of nitrogens with one attached hydrogen (secondary N) is 1. The average Bonchev–Trinajstić information content (AvgIpc) is 3.41. The normalized spacial score (nSPS) is 26.9. The number of halogens is 1. The quantitative estimate of drug-likeness (QED) is 0.185. The standard InChI is InChI=1S/C14H18FN7O9P2/c1-20-6-22(11-9(20)12(24)19-14(16)18-11)13-10(23)8(15)7(30-13)4-29-33(27,28)31-32(25,26)21-3-2-17-5-21/h2-3,5-8,10,13,23H,4H2,1H3,(H4-,16,18,19,24,25,26,27,28)/p+1/t7-,8-,10-,13-/m1/s1. The van der Waals surface area contributed by atoms with Gasteiger partial charge in [-0.25, -0.2) is 27.4 Å². The molecule has 0 aromatic carbocycles. The highest BCUT2D eigenvalue weighted by molar-refractivity contribution is 7.63. The third-order valence-electron chi connectivity index (χ3n) is 4.75. The number of aryl methyl sites for hydroxylation is 1. The molecule has 3 aromatic rings. The van der Waals surface area contributed by atoms with Crippen molar-refractivity contribution < 1.29 is 46.6 Å². The van der Waals surface area contributed by atoms with Gasteiger partial charge in [0.05, 0.1) is 13.7 Å². The summed E-state index contributed by atoms with van der Waals surface area (Å²) >= 11 is 0. The van der Waals surface area contributed by atoms with Crippen LogP contribution in [0.15, 0.2) is 29.8 Å². The zero-order valence-electron chi connectivity index (χ0n) is 16.7. The first-order valence-corrected chi connectivity index (χ1v) is 12.2. The van der Waals surface area contributed by atoms with Crippen molar-refractivity contribution in [2.24, 2.45) is 7.05 Å². The number of anilines is 1. The van der Waals surface area contributed by atoms with Crippen molar-refractivity contribution in [2.75, 3.05) is 12.3 Å². The smallest absolute Gasteiger partial charge is 0.384 e. The molecule has 4 heterocycles. The summed E-state index contributed by atoms with van der Waals surface area (Å²) in [6.07, 6.45) is -2.51. The van der Waals surface area contributed by atoms with Crippen molar-refractivity contribution in [3.05, 3.63) is 35.4 Å². The Morgan fingerprint density at radius 3 is 2.82 bits per heavy atom. The number of phosphoric ester groups is 1. The van der Waals surface area contributed by atoms with E-state index in [0.29, 0.717) is 4.34 Å². The maximum absolute atomic E-state index is 14.7. The molecule has 180 valence electrons. The minimum absolute atomic E-state index is 0.00529. The largest absolute Gasteiger partial charge is 0.480 e. The Kier molecular flexibility index (Phi) is 6.01. The lowest BCUT2D eigenvalue weighted by molar-refractivity contribution is -0.745. The van der Waals surface area contributed by atoms with Crippen LogP contribution in [0.5, 0.6) is 0 Å². The van der Waals surface area contributed by atoms with Crippen LogP contribution in [-0.2, 0) is 29.7 Å². The van der Waals surface area contributed by atoms with E-state index in [1.165, 1.54) is 22.5 Å². The van der Waals surface area contributed by atoms with Gasteiger partial charge in [0.15, 0.2) is 12.5 Å². The highest BCUT2D eigenvalue weighted by Gasteiger charge is 2.49. The van der Waals surface area contributed by atoms with Gasteiger partial charge < -0.3 is 25.4 Å². The number of ether oxygens (including phenoxy) is 1. The van der Waals surface area contributed by atoms with Crippen LogP contribution in [0.25, 0.3) is 11.2 Å². The van der Waals surface area contributed by atoms with Crippen LogP contribution in [0.2, 0.25) is 0 Å². The molecule has 4 rings (SSSR count). The van der Waals surface area contributed by atoms with E-state index in [0.717, 1.165) is 18.7 Å². The van der Waals surface area contributed by atoms with Crippen molar-refractivity contribution in [3.8, 4) is 0 Å². The van der Waals surface area contributed by atoms with Gasteiger partial charge in [0.1, 0.15) is 18.5 Å². The van der Waals surface area contributed by atoms with Crippen LogP contribution < -0.4 is 15.9 Å². The number of aliphatic hydroxyl groups excluding tert-OH is 1. The fourth-order valence-electron chi connectivity index (χ4n) is 3.30. The van der Waals surface area contributed by atoms with Crippen LogP contribution >= 0.6 is 15.6 Å². The Labute approximate surface area is 183 Å². The number of aromatic nitrogens is 6. The van der Waals surface area contributed by atoms with E-state index in [2.05, 4.69) is 23.8 Å². The molecule has 19 heteroatoms. The molecule has 33 heavy (non-hydrogen) atoms. The van der Waals surface area contributed by atoms with Crippen LogP contribution in [0, 0.1) is 0 Å². The van der Waals surface area contributed by atoms with E-state index >= 15 is 0 Å². The number of nitrogen functional groups attached to an aromatic ring is 1. The third kappa shape index (κ3) is 4.49. The highest BCUT2D eigenvalue weighted by Crippen LogP contribution is 2.60. The van der Waals surface area contributed by atoms with Gasteiger partial charge in [0.25, 0.3) is 11.5 Å². The maximum Gasteiger partial charge on any atom is 0.480 e. The van der Waals surface area contributed by atoms with E-state index in [-0.39, 0.29) is 17.1 Å². The maximum atomic E-state index is 14.7. The lowest BCUT2D eigenvalue weighted by Gasteiger charge is -2.18. The molecular weight excluding hydrogens is 491 g/mol. The molecular formula is C14H19FN7O9P2+. The highest BCUT2D eigenvalue weighted by atomic mass is 31.3. The number of imidazole rings is 2. The topological polar surface area (TPSA) is 221 Å². The van der Waals surface area contributed by atoms with Gasteiger partial charge in [-0.1, -0.05) is 4.98 Å².